The van der Waals surface area contributed by atoms with Crippen molar-refractivity contribution in [3.63, 3.8) is 0 Å². The number of hydrogen-bond acceptors (Lipinski definition) is 6. The number of allylic oxidation sites excluding steroid dienone is 1. The molecule has 1 unspecified atom stereocenters. The van der Waals surface area contributed by atoms with E-state index in [0.717, 1.165) is 16.7 Å². The van der Waals surface area contributed by atoms with Gasteiger partial charge in [0.05, 0.1) is 17.5 Å². The van der Waals surface area contributed by atoms with Gasteiger partial charge in [0.25, 0.3) is 5.91 Å². The van der Waals surface area contributed by atoms with Crippen LogP contribution in [0.2, 0.25) is 0 Å². The standard InChI is InChI=1S/C25H22N6O2/c1-15-5-3-6-18(13-15)23-29-25-27-16(2)21(24(33)28-19-7-4-12-26-14-19)22(31(25)30-23)17-8-10-20(32)11-9-17/h3-14,22,32H,1-2H3,(H,28,33)(H,27,29,30). The van der Waals surface area contributed by atoms with Crippen LogP contribution in [0.4, 0.5) is 11.6 Å². The number of nitrogens with zero attached hydrogens (tertiary/aromatic N) is 4. The zero-order valence-electron chi connectivity index (χ0n) is 18.1. The Morgan fingerprint density at radius 3 is 2.64 bits per heavy atom. The van der Waals surface area contributed by atoms with Crippen molar-refractivity contribution in [1.82, 2.24) is 19.7 Å². The second kappa shape index (κ2) is 8.23. The highest BCUT2D eigenvalue weighted by atomic mass is 16.3. The maximum atomic E-state index is 13.4. The molecule has 0 spiro atoms. The van der Waals surface area contributed by atoms with E-state index in [-0.39, 0.29) is 11.7 Å². The molecular weight excluding hydrogens is 416 g/mol. The fourth-order valence-corrected chi connectivity index (χ4v) is 3.95. The van der Waals surface area contributed by atoms with Crippen LogP contribution in [0, 0.1) is 6.92 Å². The molecule has 3 N–H and O–H groups in total. The van der Waals surface area contributed by atoms with Gasteiger partial charge in [-0.25, -0.2) is 4.68 Å². The van der Waals surface area contributed by atoms with Crippen LogP contribution in [-0.2, 0) is 4.79 Å². The molecule has 0 bridgehead atoms. The quantitative estimate of drug-likeness (QED) is 0.439. The number of aryl methyl sites for hydroxylation is 1. The summed E-state index contributed by atoms with van der Waals surface area (Å²) in [6.45, 7) is 3.86. The minimum absolute atomic E-state index is 0.147. The summed E-state index contributed by atoms with van der Waals surface area (Å²) < 4.78 is 1.72. The number of hydrogen-bond donors (Lipinski definition) is 3. The number of phenolic OH excluding ortho intramolecular Hbond substituents is 1. The van der Waals surface area contributed by atoms with Crippen LogP contribution in [0.25, 0.3) is 11.4 Å². The third-order valence-corrected chi connectivity index (χ3v) is 5.50. The molecule has 0 fully saturated rings. The number of fused-ring (bicyclic) bond motifs is 1. The molecule has 0 aliphatic carbocycles. The molecule has 5 rings (SSSR count). The molecule has 1 amide bonds. The number of aromatic nitrogens is 4. The van der Waals surface area contributed by atoms with E-state index in [9.17, 15) is 9.90 Å². The summed E-state index contributed by atoms with van der Waals surface area (Å²) in [6.07, 6.45) is 3.24. The number of phenols is 1. The van der Waals surface area contributed by atoms with Gasteiger partial charge in [0.2, 0.25) is 5.95 Å². The molecule has 1 aliphatic rings. The van der Waals surface area contributed by atoms with Gasteiger partial charge in [-0.1, -0.05) is 35.9 Å². The molecule has 8 nitrogen and oxygen atoms in total. The Balaban J connectivity index is 1.61. The van der Waals surface area contributed by atoms with Gasteiger partial charge in [0.15, 0.2) is 5.82 Å². The van der Waals surface area contributed by atoms with Gasteiger partial charge in [-0.3, -0.25) is 9.78 Å². The maximum Gasteiger partial charge on any atom is 0.255 e. The van der Waals surface area contributed by atoms with E-state index in [1.54, 1.807) is 53.5 Å². The van der Waals surface area contributed by atoms with Gasteiger partial charge in [-0.15, -0.1) is 5.10 Å². The van der Waals surface area contributed by atoms with Gasteiger partial charge in [-0.2, -0.15) is 4.98 Å². The lowest BCUT2D eigenvalue weighted by atomic mass is 9.95. The van der Waals surface area contributed by atoms with Crippen molar-refractivity contribution >= 4 is 17.5 Å². The molecule has 2 aromatic carbocycles. The predicted molar refractivity (Wildman–Crippen MR) is 126 cm³/mol. The number of benzene rings is 2. The largest absolute Gasteiger partial charge is 0.508 e. The first kappa shape index (κ1) is 20.4. The van der Waals surface area contributed by atoms with Gasteiger partial charge >= 0.3 is 0 Å². The summed E-state index contributed by atoms with van der Waals surface area (Å²) in [4.78, 5) is 22.2. The third-order valence-electron chi connectivity index (χ3n) is 5.50. The summed E-state index contributed by atoms with van der Waals surface area (Å²) in [7, 11) is 0. The SMILES string of the molecule is CC1=C(C(=O)Nc2cccnc2)C(c2ccc(O)cc2)n2nc(-c3cccc(C)c3)nc2N1. The number of anilines is 2. The van der Waals surface area contributed by atoms with Crippen molar-refractivity contribution in [2.45, 2.75) is 19.9 Å². The Bertz CT molecular complexity index is 1360. The lowest BCUT2D eigenvalue weighted by Gasteiger charge is -2.28. The molecule has 164 valence electrons. The van der Waals surface area contributed by atoms with E-state index in [0.29, 0.717) is 28.7 Å². The summed E-state index contributed by atoms with van der Waals surface area (Å²) in [5.41, 5.74) is 4.56. The van der Waals surface area contributed by atoms with Crippen molar-refractivity contribution in [3.8, 4) is 17.1 Å². The van der Waals surface area contributed by atoms with Crippen LogP contribution >= 0.6 is 0 Å². The van der Waals surface area contributed by atoms with Crippen LogP contribution in [-0.4, -0.2) is 30.8 Å². The van der Waals surface area contributed by atoms with Crippen LogP contribution < -0.4 is 10.6 Å². The highest BCUT2D eigenvalue weighted by Gasteiger charge is 2.34. The molecule has 1 atom stereocenters. The lowest BCUT2D eigenvalue weighted by Crippen LogP contribution is -2.31. The Morgan fingerprint density at radius 1 is 1.09 bits per heavy atom. The van der Waals surface area contributed by atoms with E-state index in [1.807, 2.05) is 38.1 Å². The van der Waals surface area contributed by atoms with Crippen molar-refractivity contribution in [2.24, 2.45) is 0 Å². The van der Waals surface area contributed by atoms with Crippen LogP contribution in [0.3, 0.4) is 0 Å². The number of aromatic hydroxyl groups is 1. The topological polar surface area (TPSA) is 105 Å². The number of amides is 1. The van der Waals surface area contributed by atoms with Crippen molar-refractivity contribution in [2.75, 3.05) is 10.6 Å². The van der Waals surface area contributed by atoms with E-state index in [1.165, 1.54) is 0 Å². The molecule has 0 radical (unpaired) electrons. The molecule has 4 aromatic rings. The summed E-state index contributed by atoms with van der Waals surface area (Å²) >= 11 is 0. The minimum atomic E-state index is -0.537. The Morgan fingerprint density at radius 2 is 1.91 bits per heavy atom. The van der Waals surface area contributed by atoms with Gasteiger partial charge in [0.1, 0.15) is 11.8 Å². The predicted octanol–water partition coefficient (Wildman–Crippen LogP) is 4.28. The third kappa shape index (κ3) is 3.94. The van der Waals surface area contributed by atoms with Gasteiger partial charge in [-0.05, 0) is 49.7 Å². The molecule has 0 saturated carbocycles. The smallest absolute Gasteiger partial charge is 0.255 e. The van der Waals surface area contributed by atoms with Gasteiger partial charge < -0.3 is 15.7 Å². The monoisotopic (exact) mass is 438 g/mol. The minimum Gasteiger partial charge on any atom is -0.508 e. The fraction of sp³-hybridized carbons (Fsp3) is 0.120. The fourth-order valence-electron chi connectivity index (χ4n) is 3.95. The highest BCUT2D eigenvalue weighted by molar-refractivity contribution is 6.05. The van der Waals surface area contributed by atoms with Crippen molar-refractivity contribution in [3.05, 3.63) is 95.5 Å². The normalized spacial score (nSPS) is 15.0. The Labute approximate surface area is 190 Å². The second-order valence-corrected chi connectivity index (χ2v) is 7.93. The number of pyridine rings is 1. The van der Waals surface area contributed by atoms with Crippen LogP contribution in [0.15, 0.2) is 84.3 Å². The number of nitrogens with one attached hydrogen (secondary N) is 2. The van der Waals surface area contributed by atoms with Crippen LogP contribution in [0.5, 0.6) is 5.75 Å². The van der Waals surface area contributed by atoms with Gasteiger partial charge in [0, 0.05) is 17.5 Å². The zero-order valence-corrected chi connectivity index (χ0v) is 18.1. The summed E-state index contributed by atoms with van der Waals surface area (Å²) in [5.74, 6) is 0.977. The average molecular weight is 438 g/mol. The first-order chi connectivity index (χ1) is 16.0. The molecular formula is C25H22N6O2. The Kier molecular flexibility index (Phi) is 5.10. The van der Waals surface area contributed by atoms with Crippen molar-refractivity contribution < 1.29 is 9.90 Å². The first-order valence-corrected chi connectivity index (χ1v) is 10.5. The van der Waals surface area contributed by atoms with E-state index >= 15 is 0 Å². The molecule has 0 saturated heterocycles. The second-order valence-electron chi connectivity index (χ2n) is 7.93. The number of carbonyl (C=O) groups is 1. The van der Waals surface area contributed by atoms with Crippen LogP contribution in [0.1, 0.15) is 24.1 Å². The molecule has 1 aliphatic heterocycles. The number of carbonyl (C=O) groups excluding carboxylic acids is 1. The lowest BCUT2D eigenvalue weighted by molar-refractivity contribution is -0.113. The first-order valence-electron chi connectivity index (χ1n) is 10.5. The molecule has 3 heterocycles. The summed E-state index contributed by atoms with van der Waals surface area (Å²) in [6, 6.07) is 17.7. The molecule has 33 heavy (non-hydrogen) atoms. The Hall–Kier alpha value is -4.46. The molecule has 2 aromatic heterocycles. The van der Waals surface area contributed by atoms with Crippen molar-refractivity contribution in [1.29, 1.82) is 0 Å². The van der Waals surface area contributed by atoms with E-state index in [4.69, 9.17) is 10.1 Å². The zero-order chi connectivity index (χ0) is 22.9. The summed E-state index contributed by atoms with van der Waals surface area (Å²) in [5, 5.41) is 20.7. The molecule has 8 heteroatoms. The number of rotatable bonds is 4. The van der Waals surface area contributed by atoms with E-state index < -0.39 is 6.04 Å². The highest BCUT2D eigenvalue weighted by Crippen LogP contribution is 2.37. The average Bonchev–Trinajstić information content (AvgIpc) is 3.23. The maximum absolute atomic E-state index is 13.4. The van der Waals surface area contributed by atoms with E-state index in [2.05, 4.69) is 15.6 Å².